The first-order valence-electron chi connectivity index (χ1n) is 5.24. The van der Waals surface area contributed by atoms with Crippen LogP contribution in [0.3, 0.4) is 0 Å². The third-order valence-corrected chi connectivity index (χ3v) is 4.03. The van der Waals surface area contributed by atoms with E-state index in [2.05, 4.69) is 6.92 Å². The van der Waals surface area contributed by atoms with Crippen molar-refractivity contribution in [3.8, 4) is 0 Å². The van der Waals surface area contributed by atoms with Crippen molar-refractivity contribution < 1.29 is 13.5 Å². The van der Waals surface area contributed by atoms with Crippen LogP contribution >= 0.6 is 0 Å². The van der Waals surface area contributed by atoms with Crippen LogP contribution < -0.4 is 0 Å². The molecule has 1 N–H and O–H groups in total. The van der Waals surface area contributed by atoms with Gasteiger partial charge in [0.05, 0.1) is 11.9 Å². The van der Waals surface area contributed by atoms with Crippen molar-refractivity contribution in [1.82, 2.24) is 0 Å². The summed E-state index contributed by atoms with van der Waals surface area (Å²) in [7, 11) is -3.04. The highest BCUT2D eigenvalue weighted by atomic mass is 32.2. The normalized spacial score (nSPS) is 31.4. The molecule has 1 atom stereocenters. The summed E-state index contributed by atoms with van der Waals surface area (Å²) >= 11 is 0. The van der Waals surface area contributed by atoms with Crippen LogP contribution in [0.1, 0.15) is 32.6 Å². The lowest BCUT2D eigenvalue weighted by atomic mass is 9.81. The minimum Gasteiger partial charge on any atom is -0.392 e. The van der Waals surface area contributed by atoms with Crippen LogP contribution in [0, 0.1) is 11.8 Å². The molecule has 0 heterocycles. The Morgan fingerprint density at radius 2 is 1.79 bits per heavy atom. The van der Waals surface area contributed by atoms with E-state index < -0.39 is 15.9 Å². The number of hydrogen-bond donors (Lipinski definition) is 1. The van der Waals surface area contributed by atoms with Crippen molar-refractivity contribution >= 4 is 9.84 Å². The number of aliphatic hydroxyl groups excluding tert-OH is 1. The highest BCUT2D eigenvalue weighted by molar-refractivity contribution is 7.90. The molecule has 0 bridgehead atoms. The first-order chi connectivity index (χ1) is 6.38. The largest absolute Gasteiger partial charge is 0.392 e. The summed E-state index contributed by atoms with van der Waals surface area (Å²) in [5.41, 5.74) is 0. The molecule has 0 aromatic rings. The van der Waals surface area contributed by atoms with Crippen molar-refractivity contribution in [3.05, 3.63) is 0 Å². The molecule has 1 fully saturated rings. The molecule has 0 spiro atoms. The van der Waals surface area contributed by atoms with Gasteiger partial charge in [0.2, 0.25) is 0 Å². The van der Waals surface area contributed by atoms with Crippen LogP contribution in [0.25, 0.3) is 0 Å². The van der Waals surface area contributed by atoms with Gasteiger partial charge in [0.1, 0.15) is 9.84 Å². The maximum absolute atomic E-state index is 11.0. The van der Waals surface area contributed by atoms with Crippen molar-refractivity contribution in [1.29, 1.82) is 0 Å². The lowest BCUT2D eigenvalue weighted by molar-refractivity contribution is 0.0933. The molecular weight excluding hydrogens is 200 g/mol. The zero-order valence-electron chi connectivity index (χ0n) is 8.94. The third-order valence-electron chi connectivity index (χ3n) is 3.08. The fraction of sp³-hybridized carbons (Fsp3) is 1.00. The first kappa shape index (κ1) is 12.0. The van der Waals surface area contributed by atoms with Gasteiger partial charge in [-0.25, -0.2) is 8.42 Å². The Bertz CT molecular complexity index is 263. The molecule has 0 radical (unpaired) electrons. The fourth-order valence-electron chi connectivity index (χ4n) is 2.12. The van der Waals surface area contributed by atoms with E-state index in [0.717, 1.165) is 31.6 Å². The molecule has 1 aliphatic rings. The topological polar surface area (TPSA) is 54.4 Å². The lowest BCUT2D eigenvalue weighted by Gasteiger charge is -2.29. The molecule has 84 valence electrons. The molecule has 14 heavy (non-hydrogen) atoms. The highest BCUT2D eigenvalue weighted by Gasteiger charge is 2.26. The van der Waals surface area contributed by atoms with Crippen LogP contribution in [-0.4, -0.2) is 31.6 Å². The van der Waals surface area contributed by atoms with E-state index in [9.17, 15) is 13.5 Å². The van der Waals surface area contributed by atoms with E-state index in [0.29, 0.717) is 0 Å². The van der Waals surface area contributed by atoms with Gasteiger partial charge in [-0.2, -0.15) is 0 Å². The number of rotatable bonds is 3. The van der Waals surface area contributed by atoms with E-state index in [1.165, 1.54) is 6.26 Å². The van der Waals surface area contributed by atoms with Gasteiger partial charge in [0.15, 0.2) is 0 Å². The second-order valence-electron chi connectivity index (χ2n) is 4.68. The standard InChI is InChI=1S/C10H20O3S/c1-8-3-5-9(6-4-8)10(11)7-14(2,12)13/h8-11H,3-7H2,1-2H3. The summed E-state index contributed by atoms with van der Waals surface area (Å²) in [6, 6.07) is 0. The number of hydrogen-bond acceptors (Lipinski definition) is 3. The van der Waals surface area contributed by atoms with Crippen LogP contribution in [0.4, 0.5) is 0 Å². The molecule has 1 rings (SSSR count). The van der Waals surface area contributed by atoms with Gasteiger partial charge in [-0.1, -0.05) is 19.8 Å². The first-order valence-corrected chi connectivity index (χ1v) is 7.30. The summed E-state index contributed by atoms with van der Waals surface area (Å²) in [6.45, 7) is 2.21. The van der Waals surface area contributed by atoms with Gasteiger partial charge >= 0.3 is 0 Å². The molecule has 1 aliphatic carbocycles. The number of aliphatic hydroxyl groups is 1. The van der Waals surface area contributed by atoms with E-state index >= 15 is 0 Å². The maximum atomic E-state index is 11.0. The highest BCUT2D eigenvalue weighted by Crippen LogP contribution is 2.30. The van der Waals surface area contributed by atoms with Gasteiger partial charge in [-0.3, -0.25) is 0 Å². The Morgan fingerprint density at radius 3 is 2.21 bits per heavy atom. The van der Waals surface area contributed by atoms with Crippen LogP contribution in [-0.2, 0) is 9.84 Å². The zero-order valence-corrected chi connectivity index (χ0v) is 9.76. The number of sulfone groups is 1. The maximum Gasteiger partial charge on any atom is 0.150 e. The van der Waals surface area contributed by atoms with Crippen molar-refractivity contribution in [3.63, 3.8) is 0 Å². The summed E-state index contributed by atoms with van der Waals surface area (Å²) in [4.78, 5) is 0. The molecule has 0 amide bonds. The lowest BCUT2D eigenvalue weighted by Crippen LogP contribution is -2.31. The second-order valence-corrected chi connectivity index (χ2v) is 6.86. The Hall–Kier alpha value is -0.0900. The van der Waals surface area contributed by atoms with Gasteiger partial charge in [0, 0.05) is 6.26 Å². The molecule has 0 aromatic heterocycles. The Kier molecular flexibility index (Phi) is 3.95. The molecule has 4 heteroatoms. The monoisotopic (exact) mass is 220 g/mol. The zero-order chi connectivity index (χ0) is 10.8. The molecule has 1 unspecified atom stereocenters. The Labute approximate surface area is 86.4 Å². The quantitative estimate of drug-likeness (QED) is 0.778. The van der Waals surface area contributed by atoms with E-state index in [4.69, 9.17) is 0 Å². The summed E-state index contributed by atoms with van der Waals surface area (Å²) in [5.74, 6) is 0.851. The Balaban J connectivity index is 2.42. The van der Waals surface area contributed by atoms with Gasteiger partial charge < -0.3 is 5.11 Å². The Morgan fingerprint density at radius 1 is 1.29 bits per heavy atom. The van der Waals surface area contributed by atoms with Gasteiger partial charge in [0.25, 0.3) is 0 Å². The van der Waals surface area contributed by atoms with Crippen molar-refractivity contribution in [2.24, 2.45) is 11.8 Å². The predicted molar refractivity (Wildman–Crippen MR) is 56.8 cm³/mol. The predicted octanol–water partition coefficient (Wildman–Crippen LogP) is 1.22. The molecule has 3 nitrogen and oxygen atoms in total. The van der Waals surface area contributed by atoms with Crippen molar-refractivity contribution in [2.75, 3.05) is 12.0 Å². The average Bonchev–Trinajstić information content (AvgIpc) is 2.02. The molecule has 1 saturated carbocycles. The average molecular weight is 220 g/mol. The molecule has 0 aromatic carbocycles. The van der Waals surface area contributed by atoms with Crippen molar-refractivity contribution in [2.45, 2.75) is 38.7 Å². The SMILES string of the molecule is CC1CCC(C(O)CS(C)(=O)=O)CC1. The smallest absolute Gasteiger partial charge is 0.150 e. The van der Waals surface area contributed by atoms with Crippen LogP contribution in [0.5, 0.6) is 0 Å². The van der Waals surface area contributed by atoms with E-state index in [1.54, 1.807) is 0 Å². The minimum atomic E-state index is -3.04. The summed E-state index contributed by atoms with van der Waals surface area (Å²) in [5, 5.41) is 9.72. The fourth-order valence-corrected chi connectivity index (χ4v) is 3.01. The minimum absolute atomic E-state index is 0.0773. The summed E-state index contributed by atoms with van der Waals surface area (Å²) in [6.07, 6.45) is 4.70. The van der Waals surface area contributed by atoms with Gasteiger partial charge in [-0.05, 0) is 24.7 Å². The third kappa shape index (κ3) is 3.96. The molecule has 0 aliphatic heterocycles. The van der Waals surface area contributed by atoms with E-state index in [1.807, 2.05) is 0 Å². The van der Waals surface area contributed by atoms with Crippen LogP contribution in [0.2, 0.25) is 0 Å². The second kappa shape index (κ2) is 4.62. The molecular formula is C10H20O3S. The summed E-state index contributed by atoms with van der Waals surface area (Å²) < 4.78 is 22.0. The molecule has 0 saturated heterocycles. The van der Waals surface area contributed by atoms with Gasteiger partial charge in [-0.15, -0.1) is 0 Å². The van der Waals surface area contributed by atoms with Crippen LogP contribution in [0.15, 0.2) is 0 Å². The van der Waals surface area contributed by atoms with E-state index in [-0.39, 0.29) is 11.7 Å².